The van der Waals surface area contributed by atoms with Crippen LogP contribution in [0, 0.1) is 0 Å². The molecule has 0 spiro atoms. The molecule has 3 aromatic rings. The minimum Gasteiger partial charge on any atom is -0.465 e. The summed E-state index contributed by atoms with van der Waals surface area (Å²) in [5, 5.41) is 7.19. The Kier molecular flexibility index (Phi) is 5.57. The Morgan fingerprint density at radius 3 is 2.68 bits per heavy atom. The van der Waals surface area contributed by atoms with E-state index in [4.69, 9.17) is 4.74 Å². The molecule has 4 rings (SSSR count). The summed E-state index contributed by atoms with van der Waals surface area (Å²) in [6, 6.07) is 13.4. The molecule has 0 bridgehead atoms. The minimum atomic E-state index is -0.388. The van der Waals surface area contributed by atoms with Crippen molar-refractivity contribution in [2.24, 2.45) is 0 Å². The van der Waals surface area contributed by atoms with Crippen LogP contribution in [0.15, 0.2) is 53.2 Å². The van der Waals surface area contributed by atoms with Gasteiger partial charge in [-0.15, -0.1) is 22.7 Å². The normalized spacial score (nSPS) is 18.3. The third-order valence-corrected chi connectivity index (χ3v) is 6.91. The maximum absolute atomic E-state index is 12.7. The van der Waals surface area contributed by atoms with Gasteiger partial charge in [-0.25, -0.2) is 4.79 Å². The van der Waals surface area contributed by atoms with E-state index in [1.54, 1.807) is 35.6 Å². The fourth-order valence-corrected chi connectivity index (χ4v) is 5.49. The monoisotopic (exact) mass is 413 g/mol. The zero-order valence-corrected chi connectivity index (χ0v) is 17.1. The van der Waals surface area contributed by atoms with Gasteiger partial charge in [0, 0.05) is 22.5 Å². The lowest BCUT2D eigenvalue weighted by Gasteiger charge is -2.31. The highest BCUT2D eigenvalue weighted by molar-refractivity contribution is 7.10. The molecule has 2 aromatic heterocycles. The first kappa shape index (κ1) is 18.9. The third kappa shape index (κ3) is 3.87. The highest BCUT2D eigenvalue weighted by atomic mass is 32.1. The predicted octanol–water partition coefficient (Wildman–Crippen LogP) is 2.77. The average Bonchev–Trinajstić information content (AvgIpc) is 3.39. The molecule has 1 aromatic carbocycles. The Morgan fingerprint density at radius 2 is 1.96 bits per heavy atom. The maximum atomic E-state index is 12.7. The Morgan fingerprint density at radius 1 is 1.14 bits per heavy atom. The molecule has 2 atom stereocenters. The van der Waals surface area contributed by atoms with Gasteiger partial charge < -0.3 is 15.0 Å². The fraction of sp³-hybridized carbons (Fsp3) is 0.238. The lowest BCUT2D eigenvalue weighted by atomic mass is 9.98. The van der Waals surface area contributed by atoms with Crippen LogP contribution in [0.25, 0.3) is 0 Å². The zero-order valence-electron chi connectivity index (χ0n) is 15.4. The largest absolute Gasteiger partial charge is 0.465 e. The van der Waals surface area contributed by atoms with Crippen LogP contribution in [-0.2, 0) is 16.0 Å². The van der Waals surface area contributed by atoms with Gasteiger partial charge in [0.25, 0.3) is 5.91 Å². The number of ether oxygens (including phenoxy) is 1. The topological polar surface area (TPSA) is 59.8 Å². The van der Waals surface area contributed by atoms with E-state index in [2.05, 4.69) is 34.3 Å². The number of benzene rings is 1. The summed E-state index contributed by atoms with van der Waals surface area (Å²) in [5.41, 5.74) is 2.49. The number of nitrogens with one attached hydrogen (secondary N) is 2. The number of quaternary nitrogens is 1. The molecular weight excluding hydrogens is 392 g/mol. The van der Waals surface area contributed by atoms with Crippen LogP contribution in [0.5, 0.6) is 0 Å². The number of fused-ring (bicyclic) bond motifs is 1. The Labute approximate surface area is 171 Å². The Balaban J connectivity index is 1.47. The standard InChI is InChI=1S/C21H20N2O3S2/c1-26-21(25)14-4-6-15(7-5-14)22-19(24)13-23-10-8-17-16(9-12-28-17)20(23)18-3-2-11-27-18/h2-7,9,11-12,20H,8,10,13H2,1H3,(H,22,24)/p+1/t20-/m1/s1. The summed E-state index contributed by atoms with van der Waals surface area (Å²) in [6.07, 6.45) is 1.01. The van der Waals surface area contributed by atoms with Crippen molar-refractivity contribution in [3.63, 3.8) is 0 Å². The lowest BCUT2D eigenvalue weighted by molar-refractivity contribution is -0.919. The van der Waals surface area contributed by atoms with Crippen LogP contribution >= 0.6 is 22.7 Å². The van der Waals surface area contributed by atoms with Gasteiger partial charge >= 0.3 is 5.97 Å². The second kappa shape index (κ2) is 8.26. The van der Waals surface area contributed by atoms with Gasteiger partial charge in [-0.05, 0) is 47.2 Å². The van der Waals surface area contributed by atoms with Gasteiger partial charge in [-0.2, -0.15) is 0 Å². The Bertz CT molecular complexity index is 964. The van der Waals surface area contributed by atoms with E-state index < -0.39 is 0 Å². The van der Waals surface area contributed by atoms with E-state index >= 15 is 0 Å². The van der Waals surface area contributed by atoms with Crippen LogP contribution < -0.4 is 10.2 Å². The molecule has 1 aliphatic rings. The molecule has 2 N–H and O–H groups in total. The molecule has 7 heteroatoms. The highest BCUT2D eigenvalue weighted by Crippen LogP contribution is 2.31. The summed E-state index contributed by atoms with van der Waals surface area (Å²) in [6.45, 7) is 1.33. The van der Waals surface area contributed by atoms with Gasteiger partial charge in [-0.3, -0.25) is 4.79 Å². The zero-order chi connectivity index (χ0) is 19.5. The molecule has 1 amide bonds. The first-order valence-electron chi connectivity index (χ1n) is 9.08. The molecule has 0 saturated heterocycles. The number of anilines is 1. The summed E-state index contributed by atoms with van der Waals surface area (Å²) in [4.78, 5) is 28.2. The van der Waals surface area contributed by atoms with Crippen molar-refractivity contribution in [3.8, 4) is 0 Å². The van der Waals surface area contributed by atoms with Gasteiger partial charge in [0.1, 0.15) is 6.04 Å². The number of carbonyl (C=O) groups is 2. The van der Waals surface area contributed by atoms with Crippen LogP contribution in [0.3, 0.4) is 0 Å². The van der Waals surface area contributed by atoms with E-state index in [-0.39, 0.29) is 17.9 Å². The van der Waals surface area contributed by atoms with E-state index in [0.717, 1.165) is 13.0 Å². The first-order chi connectivity index (χ1) is 13.7. The molecule has 1 aliphatic heterocycles. The number of hydrogen-bond donors (Lipinski definition) is 2. The van der Waals surface area contributed by atoms with E-state index in [0.29, 0.717) is 17.8 Å². The lowest BCUT2D eigenvalue weighted by Crippen LogP contribution is -3.14. The summed E-state index contributed by atoms with van der Waals surface area (Å²) >= 11 is 3.55. The third-order valence-electron chi connectivity index (χ3n) is 4.98. The molecule has 144 valence electrons. The quantitative estimate of drug-likeness (QED) is 0.633. The van der Waals surface area contributed by atoms with Crippen molar-refractivity contribution >= 4 is 40.2 Å². The molecule has 0 fully saturated rings. The SMILES string of the molecule is COC(=O)c1ccc(NC(=O)C[NH+]2CCc3sccc3[C@@H]2c2cccs2)cc1. The van der Waals surface area contributed by atoms with Gasteiger partial charge in [0.05, 0.1) is 24.1 Å². The minimum absolute atomic E-state index is 0.0268. The molecule has 0 aliphatic carbocycles. The Hall–Kier alpha value is -2.48. The molecule has 28 heavy (non-hydrogen) atoms. The number of methoxy groups -OCH3 is 1. The van der Waals surface area contributed by atoms with Gasteiger partial charge in [0.2, 0.25) is 0 Å². The number of thiophene rings is 2. The van der Waals surface area contributed by atoms with Crippen molar-refractivity contribution in [2.45, 2.75) is 12.5 Å². The molecule has 1 unspecified atom stereocenters. The van der Waals surface area contributed by atoms with Crippen LogP contribution in [0.2, 0.25) is 0 Å². The summed E-state index contributed by atoms with van der Waals surface area (Å²) in [7, 11) is 1.35. The molecule has 0 radical (unpaired) electrons. The highest BCUT2D eigenvalue weighted by Gasteiger charge is 2.35. The number of carbonyl (C=O) groups excluding carboxylic acids is 2. The van der Waals surface area contributed by atoms with E-state index in [1.807, 2.05) is 11.3 Å². The van der Waals surface area contributed by atoms with Crippen LogP contribution in [0.1, 0.15) is 31.7 Å². The van der Waals surface area contributed by atoms with Crippen molar-refractivity contribution < 1.29 is 19.2 Å². The maximum Gasteiger partial charge on any atom is 0.337 e. The van der Waals surface area contributed by atoms with E-state index in [1.165, 1.54) is 27.3 Å². The number of amides is 1. The smallest absolute Gasteiger partial charge is 0.337 e. The van der Waals surface area contributed by atoms with Crippen molar-refractivity contribution in [2.75, 3.05) is 25.5 Å². The van der Waals surface area contributed by atoms with Crippen molar-refractivity contribution in [1.82, 2.24) is 0 Å². The number of hydrogen-bond acceptors (Lipinski definition) is 5. The van der Waals surface area contributed by atoms with Crippen molar-refractivity contribution in [3.05, 3.63) is 74.1 Å². The molecular formula is C21H21N2O3S2+. The van der Waals surface area contributed by atoms with E-state index in [9.17, 15) is 9.59 Å². The fourth-order valence-electron chi connectivity index (χ4n) is 3.67. The summed E-state index contributed by atoms with van der Waals surface area (Å²) < 4.78 is 4.70. The number of rotatable bonds is 5. The first-order valence-corrected chi connectivity index (χ1v) is 10.8. The number of esters is 1. The van der Waals surface area contributed by atoms with Gasteiger partial charge in [0.15, 0.2) is 6.54 Å². The van der Waals surface area contributed by atoms with Gasteiger partial charge in [-0.1, -0.05) is 6.07 Å². The summed E-state index contributed by atoms with van der Waals surface area (Å²) in [5.74, 6) is -0.415. The second-order valence-electron chi connectivity index (χ2n) is 6.70. The molecule has 0 saturated carbocycles. The predicted molar refractivity (Wildman–Crippen MR) is 111 cm³/mol. The van der Waals surface area contributed by atoms with Crippen LogP contribution in [0.4, 0.5) is 5.69 Å². The average molecular weight is 414 g/mol. The molecule has 5 nitrogen and oxygen atoms in total. The van der Waals surface area contributed by atoms with Crippen LogP contribution in [-0.4, -0.2) is 32.1 Å². The second-order valence-corrected chi connectivity index (χ2v) is 8.68. The molecule has 3 heterocycles. The van der Waals surface area contributed by atoms with Crippen molar-refractivity contribution in [1.29, 1.82) is 0 Å².